The number of hydrogen-bond donors (Lipinski definition) is 2. The summed E-state index contributed by atoms with van der Waals surface area (Å²) in [6.07, 6.45) is 5.00. The van der Waals surface area contributed by atoms with Crippen LogP contribution in [-0.2, 0) is 0 Å². The number of carboxylic acid groups (broad SMARTS) is 1. The van der Waals surface area contributed by atoms with Crippen molar-refractivity contribution in [3.05, 3.63) is 35.9 Å². The maximum absolute atomic E-state index is 11.2. The molecule has 29 heavy (non-hydrogen) atoms. The van der Waals surface area contributed by atoms with E-state index in [1.807, 2.05) is 6.07 Å². The summed E-state index contributed by atoms with van der Waals surface area (Å²) in [6, 6.07) is 9.81. The zero-order valence-corrected chi connectivity index (χ0v) is 17.2. The molecule has 1 saturated carbocycles. The molecule has 1 aromatic heterocycles. The zero-order chi connectivity index (χ0) is 20.5. The van der Waals surface area contributed by atoms with E-state index < -0.39 is 5.97 Å². The minimum absolute atomic E-state index is 0.189. The van der Waals surface area contributed by atoms with Gasteiger partial charge in [-0.3, -0.25) is 0 Å². The van der Waals surface area contributed by atoms with Crippen LogP contribution in [0.1, 0.15) is 43.0 Å². The van der Waals surface area contributed by atoms with Crippen molar-refractivity contribution in [3.63, 3.8) is 0 Å². The summed E-state index contributed by atoms with van der Waals surface area (Å²) in [6.45, 7) is 3.26. The van der Waals surface area contributed by atoms with Crippen LogP contribution in [0.15, 0.2) is 30.3 Å². The lowest BCUT2D eigenvalue weighted by atomic mass is 10.1. The topological polar surface area (TPSA) is 77.9 Å². The van der Waals surface area contributed by atoms with Crippen molar-refractivity contribution in [2.24, 2.45) is 0 Å². The Morgan fingerprint density at radius 1 is 1.24 bits per heavy atom. The lowest BCUT2D eigenvalue weighted by molar-refractivity contribution is 0.0696. The second-order valence-electron chi connectivity index (χ2n) is 7.96. The predicted octanol–water partition coefficient (Wildman–Crippen LogP) is 4.12. The first-order valence-corrected chi connectivity index (χ1v) is 10.2. The molecule has 1 aliphatic carbocycles. The van der Waals surface area contributed by atoms with Crippen LogP contribution in [0.5, 0.6) is 5.75 Å². The Morgan fingerprint density at radius 2 is 2.00 bits per heavy atom. The first-order valence-electron chi connectivity index (χ1n) is 10.2. The largest absolute Gasteiger partial charge is 0.495 e. The van der Waals surface area contributed by atoms with Gasteiger partial charge in [0.15, 0.2) is 5.82 Å². The fraction of sp³-hybridized carbons (Fsp3) is 0.455. The molecule has 2 aliphatic rings. The lowest BCUT2D eigenvalue weighted by Crippen LogP contribution is -2.50. The molecular formula is C22H28N4O3. The number of rotatable bonds is 5. The van der Waals surface area contributed by atoms with Gasteiger partial charge in [0.1, 0.15) is 11.6 Å². The molecule has 0 spiro atoms. The van der Waals surface area contributed by atoms with Crippen molar-refractivity contribution in [3.8, 4) is 5.75 Å². The van der Waals surface area contributed by atoms with E-state index in [0.717, 1.165) is 23.9 Å². The van der Waals surface area contributed by atoms with Crippen molar-refractivity contribution >= 4 is 29.0 Å². The molecule has 7 nitrogen and oxygen atoms in total. The maximum Gasteiger partial charge on any atom is 0.335 e. The first kappa shape index (κ1) is 19.4. The van der Waals surface area contributed by atoms with Crippen LogP contribution in [0.4, 0.5) is 23.0 Å². The van der Waals surface area contributed by atoms with E-state index in [2.05, 4.69) is 35.2 Å². The maximum atomic E-state index is 11.2. The Labute approximate surface area is 171 Å². The first-order chi connectivity index (χ1) is 14.0. The van der Waals surface area contributed by atoms with Gasteiger partial charge >= 0.3 is 5.97 Å². The second-order valence-corrected chi connectivity index (χ2v) is 7.96. The molecule has 0 radical (unpaired) electrons. The van der Waals surface area contributed by atoms with Gasteiger partial charge in [0.05, 0.1) is 24.0 Å². The number of methoxy groups -OCH3 is 1. The smallest absolute Gasteiger partial charge is 0.335 e. The molecule has 4 rings (SSSR count). The Bertz CT molecular complexity index is 911. The summed E-state index contributed by atoms with van der Waals surface area (Å²) in [4.78, 5) is 21.0. The second kappa shape index (κ2) is 7.81. The molecule has 2 heterocycles. The zero-order valence-electron chi connectivity index (χ0n) is 17.2. The predicted molar refractivity (Wildman–Crippen MR) is 115 cm³/mol. The quantitative estimate of drug-likeness (QED) is 0.787. The standard InChI is InChI=1S/C22H28N4O3/c1-14-13-25(2)18-10-11-20(24-21(18)26(14)16-6-4-5-7-16)23-17-9-8-15(22(27)28)12-19(17)29-3/h8-12,14,16H,4-7,13H2,1-3H3,(H,23,24)(H,27,28). The van der Waals surface area contributed by atoms with Crippen molar-refractivity contribution in [2.45, 2.75) is 44.7 Å². The summed E-state index contributed by atoms with van der Waals surface area (Å²) in [5.74, 6) is 1.23. The van der Waals surface area contributed by atoms with E-state index in [9.17, 15) is 9.90 Å². The molecule has 1 atom stereocenters. The number of carbonyl (C=O) groups is 1. The highest BCUT2D eigenvalue weighted by molar-refractivity contribution is 5.89. The third-order valence-corrected chi connectivity index (χ3v) is 5.95. The van der Waals surface area contributed by atoms with Gasteiger partial charge in [0.25, 0.3) is 0 Å². The van der Waals surface area contributed by atoms with Crippen molar-refractivity contribution in [1.29, 1.82) is 0 Å². The van der Waals surface area contributed by atoms with Gasteiger partial charge in [-0.1, -0.05) is 12.8 Å². The average molecular weight is 396 g/mol. The van der Waals surface area contributed by atoms with Gasteiger partial charge in [0.2, 0.25) is 0 Å². The number of fused-ring (bicyclic) bond motifs is 1. The molecule has 2 N–H and O–H groups in total. The van der Waals surface area contributed by atoms with E-state index in [4.69, 9.17) is 9.72 Å². The Hall–Kier alpha value is -2.96. The molecule has 1 fully saturated rings. The summed E-state index contributed by atoms with van der Waals surface area (Å²) in [7, 11) is 3.65. The summed E-state index contributed by atoms with van der Waals surface area (Å²) in [5.41, 5.74) is 2.02. The molecule has 1 aromatic carbocycles. The number of likely N-dealkylation sites (N-methyl/N-ethyl adjacent to an activating group) is 1. The van der Waals surface area contributed by atoms with Crippen LogP contribution >= 0.6 is 0 Å². The molecule has 0 saturated heterocycles. The normalized spacial score (nSPS) is 19.2. The third kappa shape index (κ3) is 3.69. The average Bonchev–Trinajstić information content (AvgIpc) is 3.22. The van der Waals surface area contributed by atoms with E-state index in [1.165, 1.54) is 38.9 Å². The van der Waals surface area contributed by atoms with Gasteiger partial charge in [-0.05, 0) is 50.1 Å². The van der Waals surface area contributed by atoms with Crippen molar-refractivity contribution in [2.75, 3.05) is 35.8 Å². The molecule has 0 bridgehead atoms. The fourth-order valence-electron chi connectivity index (χ4n) is 4.57. The van der Waals surface area contributed by atoms with Crippen molar-refractivity contribution in [1.82, 2.24) is 4.98 Å². The Kier molecular flexibility index (Phi) is 5.22. The number of ether oxygens (including phenoxy) is 1. The lowest BCUT2D eigenvalue weighted by Gasteiger charge is -2.44. The van der Waals surface area contributed by atoms with Crippen LogP contribution in [0.3, 0.4) is 0 Å². The van der Waals surface area contributed by atoms with Crippen LogP contribution < -0.4 is 19.9 Å². The fourth-order valence-corrected chi connectivity index (χ4v) is 4.57. The number of anilines is 4. The van der Waals surface area contributed by atoms with E-state index in [0.29, 0.717) is 23.5 Å². The number of hydrogen-bond acceptors (Lipinski definition) is 6. The highest BCUT2D eigenvalue weighted by atomic mass is 16.5. The van der Waals surface area contributed by atoms with E-state index in [1.54, 1.807) is 12.1 Å². The Morgan fingerprint density at radius 3 is 2.69 bits per heavy atom. The number of nitrogens with one attached hydrogen (secondary N) is 1. The van der Waals surface area contributed by atoms with Crippen molar-refractivity contribution < 1.29 is 14.6 Å². The van der Waals surface area contributed by atoms with E-state index >= 15 is 0 Å². The SMILES string of the molecule is COc1cc(C(=O)O)ccc1Nc1ccc2c(n1)N(C1CCCC1)C(C)CN2C. The van der Waals surface area contributed by atoms with Gasteiger partial charge in [0, 0.05) is 25.7 Å². The number of pyridine rings is 1. The molecule has 0 amide bonds. The number of nitrogens with zero attached hydrogens (tertiary/aromatic N) is 3. The van der Waals surface area contributed by atoms with Crippen LogP contribution in [0, 0.1) is 0 Å². The van der Waals surface area contributed by atoms with Gasteiger partial charge in [-0.15, -0.1) is 0 Å². The minimum atomic E-state index is -0.981. The third-order valence-electron chi connectivity index (χ3n) is 5.95. The minimum Gasteiger partial charge on any atom is -0.495 e. The number of benzene rings is 1. The molecule has 154 valence electrons. The summed E-state index contributed by atoms with van der Waals surface area (Å²) in [5, 5.41) is 12.5. The number of aromatic carboxylic acids is 1. The summed E-state index contributed by atoms with van der Waals surface area (Å²) < 4.78 is 5.39. The molecular weight excluding hydrogens is 368 g/mol. The van der Waals surface area contributed by atoms with Gasteiger partial charge in [-0.2, -0.15) is 0 Å². The number of aromatic nitrogens is 1. The van der Waals surface area contributed by atoms with Crippen LogP contribution in [0.2, 0.25) is 0 Å². The van der Waals surface area contributed by atoms with Crippen LogP contribution in [0.25, 0.3) is 0 Å². The highest BCUT2D eigenvalue weighted by Gasteiger charge is 2.34. The number of carboxylic acids is 1. The monoisotopic (exact) mass is 396 g/mol. The van der Waals surface area contributed by atoms with Crippen LogP contribution in [-0.4, -0.2) is 48.8 Å². The Balaban J connectivity index is 1.68. The molecule has 7 heteroatoms. The molecule has 1 unspecified atom stereocenters. The van der Waals surface area contributed by atoms with Gasteiger partial charge < -0.3 is 25.0 Å². The van der Waals surface area contributed by atoms with Gasteiger partial charge in [-0.25, -0.2) is 9.78 Å². The van der Waals surface area contributed by atoms with E-state index in [-0.39, 0.29) is 5.56 Å². The molecule has 2 aromatic rings. The highest BCUT2D eigenvalue weighted by Crippen LogP contribution is 2.39. The summed E-state index contributed by atoms with van der Waals surface area (Å²) >= 11 is 0. The molecule has 1 aliphatic heterocycles.